The van der Waals surface area contributed by atoms with Crippen molar-refractivity contribution in [1.82, 2.24) is 9.55 Å². The molecule has 0 amide bonds. The van der Waals surface area contributed by atoms with Crippen molar-refractivity contribution in [2.24, 2.45) is 0 Å². The summed E-state index contributed by atoms with van der Waals surface area (Å²) in [5, 5.41) is 0. The highest BCUT2D eigenvalue weighted by molar-refractivity contribution is 7.71. The van der Waals surface area contributed by atoms with E-state index in [0.717, 1.165) is 17.7 Å². The third-order valence-corrected chi connectivity index (χ3v) is 4.38. The number of benzene rings is 1. The molecule has 0 aliphatic heterocycles. The summed E-state index contributed by atoms with van der Waals surface area (Å²) in [6.45, 7) is 3.12. The molecule has 0 bridgehead atoms. The van der Waals surface area contributed by atoms with Gasteiger partial charge in [0, 0.05) is 6.54 Å². The molecule has 0 fully saturated rings. The summed E-state index contributed by atoms with van der Waals surface area (Å²) < 4.78 is 3.09. The van der Waals surface area contributed by atoms with E-state index in [-0.39, 0.29) is 0 Å². The lowest BCUT2D eigenvalue weighted by Crippen LogP contribution is -2.01. The quantitative estimate of drug-likeness (QED) is 0.622. The molecule has 2 aromatic rings. The number of fused-ring (bicyclic) bond motifs is 1. The van der Waals surface area contributed by atoms with Gasteiger partial charge in [0.05, 0.1) is 11.0 Å². The second kappa shape index (κ2) is 5.33. The number of aryl methyl sites for hydroxylation is 2. The van der Waals surface area contributed by atoms with Crippen LogP contribution >= 0.6 is 12.2 Å². The maximum absolute atomic E-state index is 5.47. The summed E-state index contributed by atoms with van der Waals surface area (Å²) in [6, 6.07) is 6.39. The minimum Gasteiger partial charge on any atom is -0.330 e. The third kappa shape index (κ3) is 2.52. The van der Waals surface area contributed by atoms with Gasteiger partial charge in [0.15, 0.2) is 4.77 Å². The van der Waals surface area contributed by atoms with Crippen molar-refractivity contribution >= 4 is 23.3 Å². The van der Waals surface area contributed by atoms with Gasteiger partial charge in [0.2, 0.25) is 0 Å². The lowest BCUT2D eigenvalue weighted by Gasteiger charge is -2.13. The smallest absolute Gasteiger partial charge is 0.178 e. The maximum Gasteiger partial charge on any atom is 0.178 e. The Kier molecular flexibility index (Phi) is 3.56. The lowest BCUT2D eigenvalue weighted by molar-refractivity contribution is 0.630. The fraction of sp³-hybridized carbons (Fsp3) is 0.438. The average Bonchev–Trinajstić information content (AvgIpc) is 2.75. The third-order valence-electron chi connectivity index (χ3n) is 4.06. The molecule has 1 aromatic carbocycles. The molecule has 0 spiro atoms. The van der Waals surface area contributed by atoms with Crippen LogP contribution in [0.25, 0.3) is 11.0 Å². The van der Waals surface area contributed by atoms with Gasteiger partial charge in [-0.05, 0) is 62.9 Å². The van der Waals surface area contributed by atoms with Crippen LogP contribution in [0.1, 0.15) is 37.7 Å². The van der Waals surface area contributed by atoms with E-state index in [4.69, 9.17) is 12.2 Å². The first kappa shape index (κ1) is 12.7. The Morgan fingerprint density at radius 3 is 3.00 bits per heavy atom. The van der Waals surface area contributed by atoms with Crippen LogP contribution in [-0.2, 0) is 6.54 Å². The van der Waals surface area contributed by atoms with E-state index in [9.17, 15) is 0 Å². The number of nitrogens with zero attached hydrogens (tertiary/aromatic N) is 1. The van der Waals surface area contributed by atoms with Crippen LogP contribution in [0.5, 0.6) is 0 Å². The zero-order chi connectivity index (χ0) is 13.2. The van der Waals surface area contributed by atoms with Gasteiger partial charge in [-0.2, -0.15) is 0 Å². The Balaban J connectivity index is 1.88. The summed E-state index contributed by atoms with van der Waals surface area (Å²) in [5.41, 5.74) is 5.29. The summed E-state index contributed by atoms with van der Waals surface area (Å²) in [7, 11) is 0. The van der Waals surface area contributed by atoms with E-state index in [2.05, 4.69) is 40.7 Å². The molecule has 0 saturated carbocycles. The summed E-state index contributed by atoms with van der Waals surface area (Å²) in [5.74, 6) is 0. The summed E-state index contributed by atoms with van der Waals surface area (Å²) in [6.07, 6.45) is 8.80. The van der Waals surface area contributed by atoms with Crippen LogP contribution in [-0.4, -0.2) is 9.55 Å². The van der Waals surface area contributed by atoms with Gasteiger partial charge >= 0.3 is 0 Å². The number of aromatic amines is 1. The van der Waals surface area contributed by atoms with Gasteiger partial charge in [-0.3, -0.25) is 0 Å². The minimum absolute atomic E-state index is 0.848. The van der Waals surface area contributed by atoms with Crippen molar-refractivity contribution in [3.8, 4) is 0 Å². The topological polar surface area (TPSA) is 20.7 Å². The van der Waals surface area contributed by atoms with E-state index in [1.54, 1.807) is 5.57 Å². The zero-order valence-electron chi connectivity index (χ0n) is 11.4. The van der Waals surface area contributed by atoms with Gasteiger partial charge in [-0.15, -0.1) is 0 Å². The zero-order valence-corrected chi connectivity index (χ0v) is 12.2. The molecule has 1 aliphatic rings. The SMILES string of the molecule is Cc1cccc2c1[nH]c(=S)n2CCC1=CCCCC1. The lowest BCUT2D eigenvalue weighted by atomic mass is 9.97. The van der Waals surface area contributed by atoms with Crippen LogP contribution in [0.15, 0.2) is 29.8 Å². The highest BCUT2D eigenvalue weighted by atomic mass is 32.1. The molecule has 0 radical (unpaired) electrons. The molecule has 0 unspecified atom stereocenters. The number of rotatable bonds is 3. The van der Waals surface area contributed by atoms with Crippen LogP contribution in [0.3, 0.4) is 0 Å². The summed E-state index contributed by atoms with van der Waals surface area (Å²) in [4.78, 5) is 3.34. The molecule has 19 heavy (non-hydrogen) atoms. The number of H-pyrrole nitrogens is 1. The van der Waals surface area contributed by atoms with Gasteiger partial charge in [0.25, 0.3) is 0 Å². The molecule has 1 aromatic heterocycles. The molecule has 3 rings (SSSR count). The number of hydrogen-bond donors (Lipinski definition) is 1. The van der Waals surface area contributed by atoms with Gasteiger partial charge < -0.3 is 9.55 Å². The number of nitrogens with one attached hydrogen (secondary N) is 1. The molecule has 0 atom stereocenters. The Hall–Kier alpha value is -1.35. The highest BCUT2D eigenvalue weighted by Gasteiger charge is 2.08. The predicted molar refractivity (Wildman–Crippen MR) is 83.0 cm³/mol. The van der Waals surface area contributed by atoms with Crippen molar-refractivity contribution in [3.63, 3.8) is 0 Å². The normalized spacial score (nSPS) is 15.7. The molecule has 0 saturated heterocycles. The van der Waals surface area contributed by atoms with E-state index < -0.39 is 0 Å². The van der Waals surface area contributed by atoms with Crippen molar-refractivity contribution < 1.29 is 0 Å². The number of allylic oxidation sites excluding steroid dienone is 2. The number of para-hydroxylation sites is 1. The van der Waals surface area contributed by atoms with E-state index in [0.29, 0.717) is 0 Å². The first-order chi connectivity index (χ1) is 9.25. The van der Waals surface area contributed by atoms with Crippen LogP contribution < -0.4 is 0 Å². The fourth-order valence-electron chi connectivity index (χ4n) is 2.93. The monoisotopic (exact) mass is 272 g/mol. The molecule has 100 valence electrons. The van der Waals surface area contributed by atoms with Gasteiger partial charge in [-0.25, -0.2) is 0 Å². The number of hydrogen-bond acceptors (Lipinski definition) is 1. The number of aromatic nitrogens is 2. The van der Waals surface area contributed by atoms with E-state index in [1.165, 1.54) is 42.3 Å². The minimum atomic E-state index is 0.848. The van der Waals surface area contributed by atoms with Crippen LogP contribution in [0, 0.1) is 11.7 Å². The second-order valence-electron chi connectivity index (χ2n) is 5.41. The van der Waals surface area contributed by atoms with Crippen molar-refractivity contribution in [2.45, 2.75) is 45.6 Å². The largest absolute Gasteiger partial charge is 0.330 e. The standard InChI is InChI=1S/C16H20N2S/c1-12-6-5-9-14-15(12)17-16(19)18(14)11-10-13-7-3-2-4-8-13/h5-7,9H,2-4,8,10-11H2,1H3,(H,17,19). The van der Waals surface area contributed by atoms with E-state index in [1.807, 2.05) is 0 Å². The Morgan fingerprint density at radius 2 is 2.21 bits per heavy atom. The Labute approximate surface area is 119 Å². The molecule has 1 heterocycles. The van der Waals surface area contributed by atoms with Gasteiger partial charge in [-0.1, -0.05) is 23.8 Å². The van der Waals surface area contributed by atoms with Crippen molar-refractivity contribution in [3.05, 3.63) is 40.2 Å². The molecule has 1 N–H and O–H groups in total. The molecule has 1 aliphatic carbocycles. The Bertz CT molecular complexity index is 676. The second-order valence-corrected chi connectivity index (χ2v) is 5.80. The predicted octanol–water partition coefficient (Wildman–Crippen LogP) is 4.90. The van der Waals surface area contributed by atoms with Crippen LogP contribution in [0.2, 0.25) is 0 Å². The Morgan fingerprint density at radius 1 is 1.32 bits per heavy atom. The van der Waals surface area contributed by atoms with Crippen molar-refractivity contribution in [2.75, 3.05) is 0 Å². The van der Waals surface area contributed by atoms with E-state index >= 15 is 0 Å². The highest BCUT2D eigenvalue weighted by Crippen LogP contribution is 2.23. The first-order valence-electron chi connectivity index (χ1n) is 7.12. The van der Waals surface area contributed by atoms with Gasteiger partial charge in [0.1, 0.15) is 0 Å². The molecular formula is C16H20N2S. The molecule has 3 heteroatoms. The molecular weight excluding hydrogens is 252 g/mol. The maximum atomic E-state index is 5.47. The average molecular weight is 272 g/mol. The first-order valence-corrected chi connectivity index (χ1v) is 7.52. The molecule has 2 nitrogen and oxygen atoms in total. The van der Waals surface area contributed by atoms with Crippen LogP contribution in [0.4, 0.5) is 0 Å². The fourth-order valence-corrected chi connectivity index (χ4v) is 3.22. The number of imidazole rings is 1. The summed E-state index contributed by atoms with van der Waals surface area (Å²) >= 11 is 5.47. The van der Waals surface area contributed by atoms with Crippen molar-refractivity contribution in [1.29, 1.82) is 0 Å².